The Bertz CT molecular complexity index is 701. The Morgan fingerprint density at radius 3 is 2.68 bits per heavy atom. The van der Waals surface area contributed by atoms with Gasteiger partial charge in [0.2, 0.25) is 5.91 Å². The summed E-state index contributed by atoms with van der Waals surface area (Å²) in [5.41, 5.74) is 9.99. The van der Waals surface area contributed by atoms with Gasteiger partial charge in [-0.1, -0.05) is 55.5 Å². The van der Waals surface area contributed by atoms with Crippen LogP contribution in [0.4, 0.5) is 5.69 Å². The van der Waals surface area contributed by atoms with Crippen LogP contribution in [0.15, 0.2) is 54.6 Å². The van der Waals surface area contributed by atoms with E-state index < -0.39 is 0 Å². The molecule has 3 N–H and O–H groups in total. The summed E-state index contributed by atoms with van der Waals surface area (Å²) in [5.74, 6) is -0.215. The maximum Gasteiger partial charge on any atom is 0.224 e. The highest BCUT2D eigenvalue weighted by Gasteiger charge is 2.22. The summed E-state index contributed by atoms with van der Waals surface area (Å²) < 4.78 is 0. The topological polar surface area (TPSA) is 58.4 Å². The molecular weight excluding hydrogens is 310 g/mol. The maximum absolute atomic E-state index is 12.3. The molecule has 2 unspecified atom stereocenters. The van der Waals surface area contributed by atoms with Crippen molar-refractivity contribution >= 4 is 11.6 Å². The van der Waals surface area contributed by atoms with Crippen molar-refractivity contribution in [1.29, 1.82) is 0 Å². The molecule has 25 heavy (non-hydrogen) atoms. The SMILES string of the molecule is CC(C(=O)NCCCN1CCc2ccccc21)C(N)c1ccccc1. The summed E-state index contributed by atoms with van der Waals surface area (Å²) in [6.07, 6.45) is 2.05. The molecule has 1 amide bonds. The van der Waals surface area contributed by atoms with Crippen molar-refractivity contribution in [2.75, 3.05) is 24.5 Å². The zero-order valence-electron chi connectivity index (χ0n) is 14.8. The first-order chi connectivity index (χ1) is 12.2. The zero-order valence-corrected chi connectivity index (χ0v) is 14.8. The monoisotopic (exact) mass is 337 g/mol. The van der Waals surface area contributed by atoms with Gasteiger partial charge in [0.25, 0.3) is 0 Å². The first-order valence-corrected chi connectivity index (χ1v) is 9.08. The number of carbonyl (C=O) groups excluding carboxylic acids is 1. The van der Waals surface area contributed by atoms with Crippen LogP contribution in [0.5, 0.6) is 0 Å². The van der Waals surface area contributed by atoms with Gasteiger partial charge in [-0.3, -0.25) is 4.79 Å². The number of nitrogens with two attached hydrogens (primary N) is 1. The van der Waals surface area contributed by atoms with E-state index in [1.165, 1.54) is 11.3 Å². The van der Waals surface area contributed by atoms with Crippen molar-refractivity contribution in [2.24, 2.45) is 11.7 Å². The van der Waals surface area contributed by atoms with Crippen molar-refractivity contribution in [1.82, 2.24) is 5.32 Å². The van der Waals surface area contributed by atoms with Crippen molar-refractivity contribution in [2.45, 2.75) is 25.8 Å². The van der Waals surface area contributed by atoms with Gasteiger partial charge in [-0.05, 0) is 30.0 Å². The van der Waals surface area contributed by atoms with Crippen molar-refractivity contribution in [3.8, 4) is 0 Å². The molecule has 4 nitrogen and oxygen atoms in total. The lowest BCUT2D eigenvalue weighted by molar-refractivity contribution is -0.125. The van der Waals surface area contributed by atoms with Gasteiger partial charge >= 0.3 is 0 Å². The summed E-state index contributed by atoms with van der Waals surface area (Å²) in [5, 5.41) is 3.04. The number of fused-ring (bicyclic) bond motifs is 1. The molecule has 0 aromatic heterocycles. The Labute approximate surface area is 150 Å². The van der Waals surface area contributed by atoms with Crippen LogP contribution >= 0.6 is 0 Å². The van der Waals surface area contributed by atoms with Gasteiger partial charge in [-0.15, -0.1) is 0 Å². The molecule has 1 aliphatic heterocycles. The quantitative estimate of drug-likeness (QED) is 0.764. The Hall–Kier alpha value is -2.33. The highest BCUT2D eigenvalue weighted by Crippen LogP contribution is 2.27. The lowest BCUT2D eigenvalue weighted by Gasteiger charge is -2.21. The van der Waals surface area contributed by atoms with E-state index in [-0.39, 0.29) is 17.9 Å². The average molecular weight is 337 g/mol. The van der Waals surface area contributed by atoms with E-state index >= 15 is 0 Å². The van der Waals surface area contributed by atoms with Crippen LogP contribution in [0.25, 0.3) is 0 Å². The predicted octanol–water partition coefficient (Wildman–Crippen LogP) is 2.89. The van der Waals surface area contributed by atoms with Gasteiger partial charge in [0.1, 0.15) is 0 Å². The second-order valence-electron chi connectivity index (χ2n) is 6.74. The molecule has 0 radical (unpaired) electrons. The summed E-state index contributed by atoms with van der Waals surface area (Å²) in [6, 6.07) is 18.1. The number of rotatable bonds is 7. The van der Waals surface area contributed by atoms with Gasteiger partial charge < -0.3 is 16.0 Å². The predicted molar refractivity (Wildman–Crippen MR) is 103 cm³/mol. The van der Waals surface area contributed by atoms with Gasteiger partial charge in [0, 0.05) is 31.4 Å². The minimum Gasteiger partial charge on any atom is -0.371 e. The number of nitrogens with zero attached hydrogens (tertiary/aromatic N) is 1. The largest absolute Gasteiger partial charge is 0.371 e. The summed E-state index contributed by atoms with van der Waals surface area (Å²) in [4.78, 5) is 14.8. The summed E-state index contributed by atoms with van der Waals surface area (Å²) >= 11 is 0. The van der Waals surface area contributed by atoms with E-state index in [4.69, 9.17) is 5.73 Å². The number of para-hydroxylation sites is 1. The number of hydrogen-bond acceptors (Lipinski definition) is 3. The molecule has 132 valence electrons. The molecule has 0 saturated heterocycles. The van der Waals surface area contributed by atoms with Crippen molar-refractivity contribution < 1.29 is 4.79 Å². The molecule has 2 aromatic carbocycles. The number of nitrogens with one attached hydrogen (secondary N) is 1. The minimum absolute atomic E-state index is 0.0261. The second kappa shape index (κ2) is 8.17. The van der Waals surface area contributed by atoms with Crippen molar-refractivity contribution in [3.05, 3.63) is 65.7 Å². The van der Waals surface area contributed by atoms with Gasteiger partial charge in [0.15, 0.2) is 0 Å². The summed E-state index contributed by atoms with van der Waals surface area (Å²) in [7, 11) is 0. The van der Waals surface area contributed by atoms with Crippen LogP contribution in [-0.4, -0.2) is 25.5 Å². The Morgan fingerprint density at radius 2 is 1.88 bits per heavy atom. The van der Waals surface area contributed by atoms with Crippen LogP contribution in [0.3, 0.4) is 0 Å². The Kier molecular flexibility index (Phi) is 5.71. The molecular formula is C21H27N3O. The third-order valence-corrected chi connectivity index (χ3v) is 5.02. The number of amides is 1. The molecule has 0 bridgehead atoms. The zero-order chi connectivity index (χ0) is 17.6. The van der Waals surface area contributed by atoms with Crippen molar-refractivity contribution in [3.63, 3.8) is 0 Å². The van der Waals surface area contributed by atoms with Gasteiger partial charge in [-0.2, -0.15) is 0 Å². The standard InChI is InChI=1S/C21H27N3O/c1-16(20(22)18-9-3-2-4-10-18)21(25)23-13-7-14-24-15-12-17-8-5-6-11-19(17)24/h2-6,8-11,16,20H,7,12-15,22H2,1H3,(H,23,25). The van der Waals surface area contributed by atoms with E-state index in [9.17, 15) is 4.79 Å². The third-order valence-electron chi connectivity index (χ3n) is 5.02. The first kappa shape index (κ1) is 17.5. The molecule has 2 aromatic rings. The smallest absolute Gasteiger partial charge is 0.224 e. The number of carbonyl (C=O) groups is 1. The normalized spacial score (nSPS) is 15.5. The van der Waals surface area contributed by atoms with Crippen LogP contribution in [-0.2, 0) is 11.2 Å². The fourth-order valence-electron chi connectivity index (χ4n) is 3.41. The molecule has 1 heterocycles. The van der Waals surface area contributed by atoms with Crippen LogP contribution in [0.1, 0.15) is 30.5 Å². The molecule has 2 atom stereocenters. The van der Waals surface area contributed by atoms with E-state index in [0.717, 1.165) is 31.5 Å². The van der Waals surface area contributed by atoms with E-state index in [1.807, 2.05) is 37.3 Å². The molecule has 0 spiro atoms. The van der Waals surface area contributed by atoms with E-state index in [2.05, 4.69) is 34.5 Å². The molecule has 0 fully saturated rings. The lowest BCUT2D eigenvalue weighted by atomic mass is 9.95. The number of benzene rings is 2. The molecule has 3 rings (SSSR count). The Balaban J connectivity index is 1.42. The number of hydrogen-bond donors (Lipinski definition) is 2. The molecule has 0 saturated carbocycles. The third kappa shape index (κ3) is 4.20. The average Bonchev–Trinajstić information content (AvgIpc) is 3.07. The van der Waals surface area contributed by atoms with E-state index in [0.29, 0.717) is 6.54 Å². The maximum atomic E-state index is 12.3. The van der Waals surface area contributed by atoms with Crippen LogP contribution in [0.2, 0.25) is 0 Å². The number of anilines is 1. The summed E-state index contributed by atoms with van der Waals surface area (Å²) in [6.45, 7) is 4.62. The van der Waals surface area contributed by atoms with Crippen LogP contribution < -0.4 is 16.0 Å². The first-order valence-electron chi connectivity index (χ1n) is 9.08. The lowest BCUT2D eigenvalue weighted by Crippen LogP contribution is -2.37. The van der Waals surface area contributed by atoms with Gasteiger partial charge in [-0.25, -0.2) is 0 Å². The Morgan fingerprint density at radius 1 is 1.16 bits per heavy atom. The minimum atomic E-state index is -0.272. The fraction of sp³-hybridized carbons (Fsp3) is 0.381. The van der Waals surface area contributed by atoms with Gasteiger partial charge in [0.05, 0.1) is 5.92 Å². The molecule has 1 aliphatic rings. The molecule has 4 heteroatoms. The van der Waals surface area contributed by atoms with E-state index in [1.54, 1.807) is 0 Å². The second-order valence-corrected chi connectivity index (χ2v) is 6.74. The van der Waals surface area contributed by atoms with Crippen LogP contribution in [0, 0.1) is 5.92 Å². The fourth-order valence-corrected chi connectivity index (χ4v) is 3.41. The molecule has 0 aliphatic carbocycles. The highest BCUT2D eigenvalue weighted by molar-refractivity contribution is 5.79. The highest BCUT2D eigenvalue weighted by atomic mass is 16.1.